The molecule has 0 aliphatic rings. The van der Waals surface area contributed by atoms with Crippen molar-refractivity contribution in [2.45, 2.75) is 33.3 Å². The summed E-state index contributed by atoms with van der Waals surface area (Å²) in [4.78, 5) is 21.2. The molecule has 3 aromatic rings. The number of anilines is 1. The summed E-state index contributed by atoms with van der Waals surface area (Å²) in [6, 6.07) is 13.7. The largest absolute Gasteiger partial charge is 0.491 e. The van der Waals surface area contributed by atoms with Gasteiger partial charge in [0.25, 0.3) is 5.91 Å². The Balaban J connectivity index is 1.91. The third kappa shape index (κ3) is 5.34. The minimum atomic E-state index is -0.0304. The number of likely N-dealkylation sites (N-methyl/N-ethyl adjacent to an activating group) is 1. The van der Waals surface area contributed by atoms with Crippen LogP contribution in [0.2, 0.25) is 0 Å². The zero-order valence-electron chi connectivity index (χ0n) is 17.9. The number of rotatable bonds is 8. The molecule has 0 radical (unpaired) electrons. The van der Waals surface area contributed by atoms with Crippen molar-refractivity contribution >= 4 is 32.6 Å². The van der Waals surface area contributed by atoms with Gasteiger partial charge in [-0.1, -0.05) is 24.3 Å². The van der Waals surface area contributed by atoms with E-state index in [0.717, 1.165) is 34.1 Å². The summed E-state index contributed by atoms with van der Waals surface area (Å²) in [5, 5.41) is 0.752. The highest BCUT2D eigenvalue weighted by molar-refractivity contribution is 7.22. The van der Waals surface area contributed by atoms with E-state index < -0.39 is 0 Å². The second kappa shape index (κ2) is 9.37. The number of thiazole rings is 1. The number of fused-ring (bicyclic) bond motifs is 1. The molecular weight excluding hydrogens is 382 g/mol. The molecule has 1 amide bonds. The minimum Gasteiger partial charge on any atom is -0.491 e. The molecule has 0 aliphatic carbocycles. The van der Waals surface area contributed by atoms with Crippen LogP contribution in [0.1, 0.15) is 36.7 Å². The van der Waals surface area contributed by atoms with Gasteiger partial charge in [0.05, 0.1) is 43.5 Å². The molecule has 0 bridgehead atoms. The number of nitrogens with one attached hydrogen (secondary N) is 1. The van der Waals surface area contributed by atoms with Gasteiger partial charge < -0.3 is 9.64 Å². The molecule has 0 unspecified atom stereocenters. The van der Waals surface area contributed by atoms with Crippen molar-refractivity contribution in [3.05, 3.63) is 53.6 Å². The van der Waals surface area contributed by atoms with Crippen LogP contribution in [0.4, 0.5) is 5.13 Å². The van der Waals surface area contributed by atoms with Gasteiger partial charge in [0.15, 0.2) is 5.13 Å². The van der Waals surface area contributed by atoms with Gasteiger partial charge in [-0.3, -0.25) is 9.69 Å². The fraction of sp³-hybridized carbons (Fsp3) is 0.391. The van der Waals surface area contributed by atoms with Gasteiger partial charge in [0, 0.05) is 5.56 Å². The number of carbonyl (C=O) groups is 1. The average Bonchev–Trinajstić information content (AvgIpc) is 3.10. The third-order valence-electron chi connectivity index (χ3n) is 4.63. The first kappa shape index (κ1) is 21.3. The van der Waals surface area contributed by atoms with Crippen molar-refractivity contribution in [1.29, 1.82) is 0 Å². The zero-order valence-corrected chi connectivity index (χ0v) is 18.7. The molecule has 29 heavy (non-hydrogen) atoms. The van der Waals surface area contributed by atoms with E-state index in [0.29, 0.717) is 12.1 Å². The average molecular weight is 413 g/mol. The van der Waals surface area contributed by atoms with Gasteiger partial charge >= 0.3 is 0 Å². The van der Waals surface area contributed by atoms with Crippen molar-refractivity contribution in [3.8, 4) is 5.75 Å². The number of benzene rings is 2. The number of aromatic nitrogens is 1. The second-order valence-electron chi connectivity index (χ2n) is 7.76. The molecule has 1 aromatic heterocycles. The lowest BCUT2D eigenvalue weighted by Crippen LogP contribution is -3.06. The molecule has 1 heterocycles. The first-order chi connectivity index (χ1) is 13.9. The number of ether oxygens (including phenoxy) is 1. The van der Waals surface area contributed by atoms with Crippen molar-refractivity contribution in [2.24, 2.45) is 0 Å². The van der Waals surface area contributed by atoms with Gasteiger partial charge in [-0.05, 0) is 62.2 Å². The highest BCUT2D eigenvalue weighted by Gasteiger charge is 2.22. The van der Waals surface area contributed by atoms with Crippen LogP contribution >= 0.6 is 11.3 Å². The van der Waals surface area contributed by atoms with E-state index in [1.165, 1.54) is 10.5 Å². The van der Waals surface area contributed by atoms with Gasteiger partial charge in [-0.25, -0.2) is 4.98 Å². The first-order valence-electron chi connectivity index (χ1n) is 10.1. The topological polar surface area (TPSA) is 46.9 Å². The summed E-state index contributed by atoms with van der Waals surface area (Å²) in [5.41, 5.74) is 2.87. The Bertz CT molecular complexity index is 964. The predicted molar refractivity (Wildman–Crippen MR) is 121 cm³/mol. The lowest BCUT2D eigenvalue weighted by Gasteiger charge is -2.21. The van der Waals surface area contributed by atoms with E-state index in [9.17, 15) is 4.79 Å². The molecule has 3 rings (SSSR count). The molecule has 0 aliphatic heterocycles. The van der Waals surface area contributed by atoms with Crippen LogP contribution < -0.4 is 14.5 Å². The maximum atomic E-state index is 13.3. The highest BCUT2D eigenvalue weighted by Crippen LogP contribution is 2.30. The summed E-state index contributed by atoms with van der Waals surface area (Å²) < 4.78 is 6.82. The zero-order chi connectivity index (χ0) is 21.0. The lowest BCUT2D eigenvalue weighted by molar-refractivity contribution is -0.856. The van der Waals surface area contributed by atoms with Crippen LogP contribution in [0, 0.1) is 0 Å². The molecule has 1 N–H and O–H groups in total. The summed E-state index contributed by atoms with van der Waals surface area (Å²) in [6.07, 6.45) is 1.09. The van der Waals surface area contributed by atoms with Crippen LogP contribution in [0.3, 0.4) is 0 Å². The Labute approximate surface area is 176 Å². The minimum absolute atomic E-state index is 0.0304. The summed E-state index contributed by atoms with van der Waals surface area (Å²) in [6.45, 7) is 7.58. The van der Waals surface area contributed by atoms with Crippen LogP contribution in [0.15, 0.2) is 42.5 Å². The Morgan fingerprint density at radius 2 is 1.90 bits per heavy atom. The molecular formula is C23H30N3O2S+. The fourth-order valence-corrected chi connectivity index (χ4v) is 4.07. The Morgan fingerprint density at radius 1 is 1.17 bits per heavy atom. The Kier molecular flexibility index (Phi) is 6.87. The Hall–Kier alpha value is -2.44. The van der Waals surface area contributed by atoms with E-state index >= 15 is 0 Å². The second-order valence-corrected chi connectivity index (χ2v) is 8.77. The van der Waals surface area contributed by atoms with Gasteiger partial charge in [0.1, 0.15) is 5.75 Å². The normalized spacial score (nSPS) is 11.4. The maximum Gasteiger partial charge on any atom is 0.260 e. The SMILES string of the molecule is CCc1ccc2nc(N(CC[NH+](C)C)C(=O)c3ccc(OC(C)C)cc3)sc2c1. The van der Waals surface area contributed by atoms with Crippen molar-refractivity contribution in [1.82, 2.24) is 4.98 Å². The molecule has 0 spiro atoms. The van der Waals surface area contributed by atoms with Gasteiger partial charge in [0.2, 0.25) is 0 Å². The van der Waals surface area contributed by atoms with Gasteiger partial charge in [-0.2, -0.15) is 0 Å². The number of hydrogen-bond acceptors (Lipinski definition) is 4. The van der Waals surface area contributed by atoms with Crippen LogP contribution in [-0.4, -0.2) is 44.2 Å². The molecule has 5 nitrogen and oxygen atoms in total. The lowest BCUT2D eigenvalue weighted by atomic mass is 10.2. The number of amides is 1. The number of carbonyl (C=O) groups excluding carboxylic acids is 1. The van der Waals surface area contributed by atoms with E-state index in [4.69, 9.17) is 9.72 Å². The third-order valence-corrected chi connectivity index (χ3v) is 5.68. The van der Waals surface area contributed by atoms with E-state index in [-0.39, 0.29) is 12.0 Å². The predicted octanol–water partition coefficient (Wildman–Crippen LogP) is 3.44. The summed E-state index contributed by atoms with van der Waals surface area (Å²) >= 11 is 1.58. The number of hydrogen-bond donors (Lipinski definition) is 1. The number of nitrogens with zero attached hydrogens (tertiary/aromatic N) is 2. The highest BCUT2D eigenvalue weighted by atomic mass is 32.1. The van der Waals surface area contributed by atoms with Crippen LogP contribution in [-0.2, 0) is 6.42 Å². The van der Waals surface area contributed by atoms with Crippen LogP contribution in [0.25, 0.3) is 10.2 Å². The van der Waals surface area contributed by atoms with Crippen molar-refractivity contribution in [3.63, 3.8) is 0 Å². The van der Waals surface area contributed by atoms with E-state index in [1.54, 1.807) is 11.3 Å². The smallest absolute Gasteiger partial charge is 0.260 e. The van der Waals surface area contributed by atoms with Crippen molar-refractivity contribution in [2.75, 3.05) is 32.1 Å². The van der Waals surface area contributed by atoms with Crippen molar-refractivity contribution < 1.29 is 14.4 Å². The summed E-state index contributed by atoms with van der Waals surface area (Å²) in [5.74, 6) is 0.741. The monoisotopic (exact) mass is 412 g/mol. The molecule has 6 heteroatoms. The number of aryl methyl sites for hydroxylation is 1. The molecule has 2 aromatic carbocycles. The van der Waals surface area contributed by atoms with Gasteiger partial charge in [-0.15, -0.1) is 0 Å². The van der Waals surface area contributed by atoms with Crippen LogP contribution in [0.5, 0.6) is 5.75 Å². The quantitative estimate of drug-likeness (QED) is 0.617. The number of quaternary nitrogens is 1. The first-order valence-corrected chi connectivity index (χ1v) is 11.0. The standard InChI is InChI=1S/C23H29N3O2S/c1-6-17-7-12-20-21(15-17)29-23(24-20)26(14-13-25(4)5)22(27)18-8-10-19(11-9-18)28-16(2)3/h7-12,15-16H,6,13-14H2,1-5H3/p+1. The molecule has 0 saturated carbocycles. The molecule has 154 valence electrons. The fourth-order valence-electron chi connectivity index (χ4n) is 3.02. The molecule has 0 saturated heterocycles. The maximum absolute atomic E-state index is 13.3. The Morgan fingerprint density at radius 3 is 2.52 bits per heavy atom. The molecule has 0 atom stereocenters. The summed E-state index contributed by atoms with van der Waals surface area (Å²) in [7, 11) is 4.18. The van der Waals surface area contributed by atoms with E-state index in [1.807, 2.05) is 49.1 Å². The van der Waals surface area contributed by atoms with E-state index in [2.05, 4.69) is 33.2 Å². The molecule has 0 fully saturated rings.